The van der Waals surface area contributed by atoms with Gasteiger partial charge in [0.2, 0.25) is 10.0 Å². The van der Waals surface area contributed by atoms with E-state index in [9.17, 15) is 8.42 Å². The van der Waals surface area contributed by atoms with Crippen molar-refractivity contribution in [2.45, 2.75) is 18.7 Å². The summed E-state index contributed by atoms with van der Waals surface area (Å²) >= 11 is 0. The summed E-state index contributed by atoms with van der Waals surface area (Å²) in [5.74, 6) is 0.640. The van der Waals surface area contributed by atoms with Gasteiger partial charge in [0.15, 0.2) is 0 Å². The van der Waals surface area contributed by atoms with Gasteiger partial charge in [-0.3, -0.25) is 0 Å². The summed E-state index contributed by atoms with van der Waals surface area (Å²) in [7, 11) is -0.310. The standard InChI is InChI=1S/C13H19NO3S/c1-5-11(2)10-14(3)18(15,16)13-8-6-12(17-4)7-9-13/h5-9H,10H2,1-4H3/b11-5+. The highest BCUT2D eigenvalue weighted by atomic mass is 32.2. The first-order chi connectivity index (χ1) is 8.41. The summed E-state index contributed by atoms with van der Waals surface area (Å²) in [5.41, 5.74) is 1.01. The molecule has 0 aliphatic rings. The lowest BCUT2D eigenvalue weighted by Crippen LogP contribution is -2.28. The first-order valence-electron chi connectivity index (χ1n) is 5.64. The molecule has 0 N–H and O–H groups in total. The number of benzene rings is 1. The number of sulfonamides is 1. The van der Waals surface area contributed by atoms with Crippen LogP contribution in [0.5, 0.6) is 5.75 Å². The second kappa shape index (κ2) is 6.02. The van der Waals surface area contributed by atoms with Crippen LogP contribution < -0.4 is 4.74 Å². The fourth-order valence-electron chi connectivity index (χ4n) is 1.46. The van der Waals surface area contributed by atoms with Gasteiger partial charge < -0.3 is 4.74 Å². The molecule has 1 rings (SSSR count). The van der Waals surface area contributed by atoms with Crippen molar-refractivity contribution >= 4 is 10.0 Å². The quantitative estimate of drug-likeness (QED) is 0.770. The van der Waals surface area contributed by atoms with Crippen molar-refractivity contribution in [2.75, 3.05) is 20.7 Å². The third-order valence-corrected chi connectivity index (χ3v) is 4.55. The van der Waals surface area contributed by atoms with E-state index in [2.05, 4.69) is 0 Å². The number of rotatable bonds is 5. The molecule has 5 heteroatoms. The molecule has 0 aliphatic carbocycles. The van der Waals surface area contributed by atoms with Gasteiger partial charge in [-0.05, 0) is 38.1 Å². The minimum absolute atomic E-state index is 0.273. The summed E-state index contributed by atoms with van der Waals surface area (Å²) < 4.78 is 30.8. The predicted octanol–water partition coefficient (Wildman–Crippen LogP) is 2.28. The number of allylic oxidation sites excluding steroid dienone is 1. The smallest absolute Gasteiger partial charge is 0.243 e. The van der Waals surface area contributed by atoms with Crippen LogP contribution in [0, 0.1) is 0 Å². The van der Waals surface area contributed by atoms with Crippen LogP contribution in [-0.2, 0) is 10.0 Å². The molecule has 4 nitrogen and oxygen atoms in total. The van der Waals surface area contributed by atoms with Crippen LogP contribution in [0.15, 0.2) is 40.8 Å². The summed E-state index contributed by atoms with van der Waals surface area (Å²) in [5, 5.41) is 0. The first-order valence-corrected chi connectivity index (χ1v) is 7.08. The molecule has 0 amide bonds. The molecule has 0 fully saturated rings. The predicted molar refractivity (Wildman–Crippen MR) is 72.2 cm³/mol. The van der Waals surface area contributed by atoms with Crippen molar-refractivity contribution < 1.29 is 13.2 Å². The average molecular weight is 269 g/mol. The molecule has 0 bridgehead atoms. The fraction of sp³-hybridized carbons (Fsp3) is 0.385. The molecule has 0 saturated carbocycles. The van der Waals surface area contributed by atoms with Crippen molar-refractivity contribution in [3.8, 4) is 5.75 Å². The molecule has 0 saturated heterocycles. The van der Waals surface area contributed by atoms with Crippen molar-refractivity contribution in [2.24, 2.45) is 0 Å². The van der Waals surface area contributed by atoms with Crippen LogP contribution in [0.1, 0.15) is 13.8 Å². The van der Waals surface area contributed by atoms with Gasteiger partial charge in [0.05, 0.1) is 12.0 Å². The van der Waals surface area contributed by atoms with Gasteiger partial charge in [-0.25, -0.2) is 8.42 Å². The minimum Gasteiger partial charge on any atom is -0.497 e. The molecular formula is C13H19NO3S. The number of likely N-dealkylation sites (N-methyl/N-ethyl adjacent to an activating group) is 1. The van der Waals surface area contributed by atoms with E-state index in [1.54, 1.807) is 38.4 Å². The van der Waals surface area contributed by atoms with Gasteiger partial charge in [-0.2, -0.15) is 4.31 Å². The topological polar surface area (TPSA) is 46.6 Å². The summed E-state index contributed by atoms with van der Waals surface area (Å²) in [6.07, 6.45) is 1.90. The van der Waals surface area contributed by atoms with E-state index in [1.165, 1.54) is 4.31 Å². The van der Waals surface area contributed by atoms with E-state index >= 15 is 0 Å². The lowest BCUT2D eigenvalue weighted by atomic mass is 10.3. The second-order valence-corrected chi connectivity index (χ2v) is 6.12. The van der Waals surface area contributed by atoms with E-state index in [-0.39, 0.29) is 4.90 Å². The van der Waals surface area contributed by atoms with E-state index in [1.807, 2.05) is 19.9 Å². The number of ether oxygens (including phenoxy) is 1. The van der Waals surface area contributed by atoms with E-state index in [4.69, 9.17) is 4.74 Å². The van der Waals surface area contributed by atoms with Gasteiger partial charge in [0.1, 0.15) is 5.75 Å². The monoisotopic (exact) mass is 269 g/mol. The molecule has 1 aromatic carbocycles. The minimum atomic E-state index is -3.43. The average Bonchev–Trinajstić information content (AvgIpc) is 2.38. The molecule has 0 heterocycles. The zero-order valence-electron chi connectivity index (χ0n) is 11.2. The highest BCUT2D eigenvalue weighted by Crippen LogP contribution is 2.19. The Morgan fingerprint density at radius 3 is 2.33 bits per heavy atom. The largest absolute Gasteiger partial charge is 0.497 e. The third-order valence-electron chi connectivity index (χ3n) is 2.73. The fourth-order valence-corrected chi connectivity index (χ4v) is 2.67. The molecule has 1 aromatic rings. The Labute approximate surface area is 109 Å². The summed E-state index contributed by atoms with van der Waals surface area (Å²) in [6.45, 7) is 4.19. The number of hydrogen-bond acceptors (Lipinski definition) is 3. The van der Waals surface area contributed by atoms with Crippen LogP contribution in [0.2, 0.25) is 0 Å². The molecular weight excluding hydrogens is 250 g/mol. The number of hydrogen-bond donors (Lipinski definition) is 0. The van der Waals surface area contributed by atoms with Gasteiger partial charge in [0.25, 0.3) is 0 Å². The van der Waals surface area contributed by atoms with E-state index in [0.717, 1.165) is 5.57 Å². The van der Waals surface area contributed by atoms with Gasteiger partial charge in [-0.15, -0.1) is 0 Å². The van der Waals surface area contributed by atoms with Crippen molar-refractivity contribution in [1.29, 1.82) is 0 Å². The summed E-state index contributed by atoms with van der Waals surface area (Å²) in [6, 6.07) is 6.39. The van der Waals surface area contributed by atoms with Crippen LogP contribution >= 0.6 is 0 Å². The Morgan fingerprint density at radius 1 is 1.33 bits per heavy atom. The van der Waals surface area contributed by atoms with Crippen molar-refractivity contribution in [3.63, 3.8) is 0 Å². The van der Waals surface area contributed by atoms with Crippen LogP contribution in [-0.4, -0.2) is 33.4 Å². The van der Waals surface area contributed by atoms with E-state index < -0.39 is 10.0 Å². The Balaban J connectivity index is 2.98. The Hall–Kier alpha value is -1.33. The molecule has 0 unspecified atom stereocenters. The van der Waals surface area contributed by atoms with Crippen LogP contribution in [0.25, 0.3) is 0 Å². The highest BCUT2D eigenvalue weighted by Gasteiger charge is 2.20. The second-order valence-electron chi connectivity index (χ2n) is 4.07. The van der Waals surface area contributed by atoms with Crippen molar-refractivity contribution in [3.05, 3.63) is 35.9 Å². The Bertz CT molecular complexity index is 518. The van der Waals surface area contributed by atoms with Crippen LogP contribution in [0.3, 0.4) is 0 Å². The molecule has 0 aromatic heterocycles. The maximum absolute atomic E-state index is 12.2. The Morgan fingerprint density at radius 2 is 1.89 bits per heavy atom. The summed E-state index contributed by atoms with van der Waals surface area (Å²) in [4.78, 5) is 0.273. The van der Waals surface area contributed by atoms with Gasteiger partial charge in [-0.1, -0.05) is 11.6 Å². The molecule has 0 atom stereocenters. The van der Waals surface area contributed by atoms with Gasteiger partial charge >= 0.3 is 0 Å². The normalized spacial score (nSPS) is 12.8. The number of nitrogens with zero attached hydrogens (tertiary/aromatic N) is 1. The van der Waals surface area contributed by atoms with Gasteiger partial charge in [0, 0.05) is 13.6 Å². The molecule has 18 heavy (non-hydrogen) atoms. The zero-order chi connectivity index (χ0) is 13.8. The lowest BCUT2D eigenvalue weighted by molar-refractivity contribution is 0.414. The molecule has 0 radical (unpaired) electrons. The van der Waals surface area contributed by atoms with E-state index in [0.29, 0.717) is 12.3 Å². The highest BCUT2D eigenvalue weighted by molar-refractivity contribution is 7.89. The zero-order valence-corrected chi connectivity index (χ0v) is 12.0. The molecule has 0 spiro atoms. The lowest BCUT2D eigenvalue weighted by Gasteiger charge is -2.17. The Kier molecular flexibility index (Phi) is 4.93. The first kappa shape index (κ1) is 14.7. The molecule has 100 valence electrons. The third kappa shape index (κ3) is 3.34. The maximum Gasteiger partial charge on any atom is 0.243 e. The van der Waals surface area contributed by atoms with Crippen molar-refractivity contribution in [1.82, 2.24) is 4.31 Å². The maximum atomic E-state index is 12.2. The molecule has 0 aliphatic heterocycles. The number of methoxy groups -OCH3 is 1. The van der Waals surface area contributed by atoms with Crippen LogP contribution in [0.4, 0.5) is 0 Å². The SMILES string of the molecule is C/C=C(\C)CN(C)S(=O)(=O)c1ccc(OC)cc1.